The van der Waals surface area contributed by atoms with Crippen LogP contribution in [0.4, 0.5) is 5.95 Å². The van der Waals surface area contributed by atoms with Gasteiger partial charge in [0, 0.05) is 12.6 Å². The second-order valence-electron chi connectivity index (χ2n) is 7.27. The van der Waals surface area contributed by atoms with Crippen LogP contribution in [0.5, 0.6) is 11.5 Å². The number of aromatic amines is 1. The minimum Gasteiger partial charge on any atom is -0.504 e. The smallest absolute Gasteiger partial charge is 0.329 e. The Morgan fingerprint density at radius 1 is 1.22 bits per heavy atom. The molecule has 2 aromatic carbocycles. The van der Waals surface area contributed by atoms with Gasteiger partial charge in [-0.1, -0.05) is 35.9 Å². The normalized spacial score (nSPS) is 11.3. The molecule has 0 fully saturated rings. The van der Waals surface area contributed by atoms with Crippen LogP contribution in [-0.4, -0.2) is 37.5 Å². The lowest BCUT2D eigenvalue weighted by molar-refractivity contribution is 0.373. The number of anilines is 1. The molecule has 0 bridgehead atoms. The van der Waals surface area contributed by atoms with Crippen molar-refractivity contribution in [3.8, 4) is 11.5 Å². The summed E-state index contributed by atoms with van der Waals surface area (Å²) in [6.45, 7) is 2.33. The van der Waals surface area contributed by atoms with E-state index in [0.717, 1.165) is 11.1 Å². The first-order chi connectivity index (χ1) is 15.4. The summed E-state index contributed by atoms with van der Waals surface area (Å²) in [5.41, 5.74) is 4.70. The maximum atomic E-state index is 12.6. The van der Waals surface area contributed by atoms with Crippen LogP contribution in [0.3, 0.4) is 0 Å². The van der Waals surface area contributed by atoms with Crippen LogP contribution in [0.1, 0.15) is 16.7 Å². The maximum absolute atomic E-state index is 12.6. The van der Waals surface area contributed by atoms with Gasteiger partial charge in [-0.2, -0.15) is 10.1 Å². The first-order valence-corrected chi connectivity index (χ1v) is 9.79. The number of nitrogens with zero attached hydrogens (tertiary/aromatic N) is 4. The van der Waals surface area contributed by atoms with Crippen LogP contribution in [0.2, 0.25) is 0 Å². The standard InChI is InChI=1S/C22H22N6O4/c1-13-7-9-14(10-8-13)12-28-17-19(27(2)22(31)25-20(17)30)24-21(28)26-23-11-15-5-4-6-16(32-3)18(15)29/h4-11,29H,12H2,1-3H3,(H,24,26)(H,25,30,31). The van der Waals surface area contributed by atoms with Crippen LogP contribution >= 0.6 is 0 Å². The van der Waals surface area contributed by atoms with Crippen LogP contribution in [0.25, 0.3) is 11.2 Å². The number of H-pyrrole nitrogens is 1. The predicted molar refractivity (Wildman–Crippen MR) is 122 cm³/mol. The molecule has 0 amide bonds. The molecule has 0 aliphatic heterocycles. The SMILES string of the molecule is COc1cccc(C=NNc2nc3c(c(=O)[nH]c(=O)n3C)n2Cc2ccc(C)cc2)c1O. The van der Waals surface area contributed by atoms with Gasteiger partial charge < -0.3 is 9.84 Å². The first kappa shape index (κ1) is 20.9. The maximum Gasteiger partial charge on any atom is 0.329 e. The van der Waals surface area contributed by atoms with Crippen LogP contribution in [0.15, 0.2) is 57.2 Å². The summed E-state index contributed by atoms with van der Waals surface area (Å²) >= 11 is 0. The summed E-state index contributed by atoms with van der Waals surface area (Å²) in [6.07, 6.45) is 1.41. The topological polar surface area (TPSA) is 127 Å². The van der Waals surface area contributed by atoms with Gasteiger partial charge in [0.15, 0.2) is 22.7 Å². The zero-order valence-electron chi connectivity index (χ0n) is 17.8. The van der Waals surface area contributed by atoms with Gasteiger partial charge in [0.2, 0.25) is 5.95 Å². The molecule has 0 spiro atoms. The van der Waals surface area contributed by atoms with Crippen molar-refractivity contribution in [1.29, 1.82) is 0 Å². The van der Waals surface area contributed by atoms with E-state index in [0.29, 0.717) is 17.9 Å². The molecule has 0 aliphatic rings. The van der Waals surface area contributed by atoms with Crippen molar-refractivity contribution < 1.29 is 9.84 Å². The summed E-state index contributed by atoms with van der Waals surface area (Å²) in [4.78, 5) is 31.4. The van der Waals surface area contributed by atoms with Crippen molar-refractivity contribution in [1.82, 2.24) is 19.1 Å². The van der Waals surface area contributed by atoms with Crippen molar-refractivity contribution in [2.75, 3.05) is 12.5 Å². The van der Waals surface area contributed by atoms with E-state index in [9.17, 15) is 14.7 Å². The molecule has 10 heteroatoms. The minimum absolute atomic E-state index is 0.0486. The number of aromatic nitrogens is 4. The third-order valence-corrected chi connectivity index (χ3v) is 5.09. The molecule has 164 valence electrons. The lowest BCUT2D eigenvalue weighted by Crippen LogP contribution is -2.29. The third-order valence-electron chi connectivity index (χ3n) is 5.09. The fraction of sp³-hybridized carbons (Fsp3) is 0.182. The van der Waals surface area contributed by atoms with Gasteiger partial charge in [0.1, 0.15) is 0 Å². The minimum atomic E-state index is -0.557. The van der Waals surface area contributed by atoms with Gasteiger partial charge in [-0.05, 0) is 24.6 Å². The summed E-state index contributed by atoms with van der Waals surface area (Å²) in [5, 5.41) is 14.4. The Morgan fingerprint density at radius 3 is 2.69 bits per heavy atom. The molecule has 10 nitrogen and oxygen atoms in total. The monoisotopic (exact) mass is 434 g/mol. The van der Waals surface area contributed by atoms with Crippen molar-refractivity contribution in [3.63, 3.8) is 0 Å². The van der Waals surface area contributed by atoms with Gasteiger partial charge in [-0.3, -0.25) is 18.9 Å². The molecular weight excluding hydrogens is 412 g/mol. The number of para-hydroxylation sites is 1. The number of nitrogens with one attached hydrogen (secondary N) is 2. The molecule has 2 aromatic heterocycles. The van der Waals surface area contributed by atoms with Crippen molar-refractivity contribution in [3.05, 3.63) is 80.0 Å². The predicted octanol–water partition coefficient (Wildman–Crippen LogP) is 1.94. The molecule has 0 atom stereocenters. The molecule has 0 saturated heterocycles. The highest BCUT2D eigenvalue weighted by Crippen LogP contribution is 2.28. The van der Waals surface area contributed by atoms with Gasteiger partial charge in [0.25, 0.3) is 5.56 Å². The second-order valence-corrected chi connectivity index (χ2v) is 7.27. The number of hydrazone groups is 1. The number of aryl methyl sites for hydroxylation is 2. The van der Waals surface area contributed by atoms with E-state index in [1.807, 2.05) is 31.2 Å². The number of fused-ring (bicyclic) bond motifs is 1. The van der Waals surface area contributed by atoms with Crippen LogP contribution in [0, 0.1) is 6.92 Å². The highest BCUT2D eigenvalue weighted by atomic mass is 16.5. The number of benzene rings is 2. The van der Waals surface area contributed by atoms with Gasteiger partial charge in [-0.25, -0.2) is 10.2 Å². The average Bonchev–Trinajstić information content (AvgIpc) is 3.13. The summed E-state index contributed by atoms with van der Waals surface area (Å²) in [6, 6.07) is 12.9. The van der Waals surface area contributed by atoms with Gasteiger partial charge >= 0.3 is 5.69 Å². The number of hydrogen-bond acceptors (Lipinski definition) is 7. The zero-order valence-corrected chi connectivity index (χ0v) is 17.8. The average molecular weight is 434 g/mol. The van der Waals surface area contributed by atoms with Crippen LogP contribution in [-0.2, 0) is 13.6 Å². The molecule has 0 radical (unpaired) electrons. The molecule has 2 heterocycles. The number of aromatic hydroxyl groups is 1. The first-order valence-electron chi connectivity index (χ1n) is 9.79. The largest absolute Gasteiger partial charge is 0.504 e. The molecule has 0 unspecified atom stereocenters. The molecule has 32 heavy (non-hydrogen) atoms. The highest BCUT2D eigenvalue weighted by molar-refractivity contribution is 5.85. The number of ether oxygens (including phenoxy) is 1. The highest BCUT2D eigenvalue weighted by Gasteiger charge is 2.17. The van der Waals surface area contributed by atoms with Crippen LogP contribution < -0.4 is 21.4 Å². The Labute approximate surface area is 182 Å². The summed E-state index contributed by atoms with van der Waals surface area (Å²) in [7, 11) is 2.99. The van der Waals surface area contributed by atoms with E-state index in [1.54, 1.807) is 22.8 Å². The Hall–Kier alpha value is -4.34. The van der Waals surface area contributed by atoms with Crippen molar-refractivity contribution >= 4 is 23.3 Å². The number of imidazole rings is 1. The number of rotatable bonds is 6. The Bertz CT molecular complexity index is 1430. The van der Waals surface area contributed by atoms with Gasteiger partial charge in [0.05, 0.1) is 19.9 Å². The Balaban J connectivity index is 1.77. The van der Waals surface area contributed by atoms with E-state index in [1.165, 1.54) is 24.9 Å². The third kappa shape index (κ3) is 3.85. The number of phenolic OH excluding ortho intramolecular Hbond substituents is 1. The molecular formula is C22H22N6O4. The fourth-order valence-corrected chi connectivity index (χ4v) is 3.32. The van der Waals surface area contributed by atoms with Gasteiger partial charge in [-0.15, -0.1) is 0 Å². The fourth-order valence-electron chi connectivity index (χ4n) is 3.32. The number of hydrogen-bond donors (Lipinski definition) is 3. The zero-order chi connectivity index (χ0) is 22.8. The second kappa shape index (κ2) is 8.42. The number of phenols is 1. The molecule has 0 aliphatic carbocycles. The lowest BCUT2D eigenvalue weighted by Gasteiger charge is -2.09. The Morgan fingerprint density at radius 2 is 1.97 bits per heavy atom. The quantitative estimate of drug-likeness (QED) is 0.314. The summed E-state index contributed by atoms with van der Waals surface area (Å²) in [5.74, 6) is 0.542. The molecule has 4 rings (SSSR count). The summed E-state index contributed by atoms with van der Waals surface area (Å²) < 4.78 is 8.03. The van der Waals surface area contributed by atoms with E-state index in [2.05, 4.69) is 20.5 Å². The van der Waals surface area contributed by atoms with Crippen molar-refractivity contribution in [2.24, 2.45) is 12.1 Å². The van der Waals surface area contributed by atoms with E-state index < -0.39 is 11.2 Å². The molecule has 3 N–H and O–H groups in total. The number of methoxy groups -OCH3 is 1. The van der Waals surface area contributed by atoms with E-state index in [-0.39, 0.29) is 22.9 Å². The van der Waals surface area contributed by atoms with Crippen molar-refractivity contribution in [2.45, 2.75) is 13.5 Å². The molecule has 0 saturated carbocycles. The Kier molecular flexibility index (Phi) is 5.50. The van der Waals surface area contributed by atoms with E-state index in [4.69, 9.17) is 4.74 Å². The lowest BCUT2D eigenvalue weighted by atomic mass is 10.1. The van der Waals surface area contributed by atoms with E-state index >= 15 is 0 Å². The molecule has 4 aromatic rings.